The number of phenols is 1. The maximum absolute atomic E-state index is 13.7. The van der Waals surface area contributed by atoms with Crippen LogP contribution in [0.25, 0.3) is 0 Å². The minimum absolute atomic E-state index is 0.00356. The fraction of sp³-hybridized carbons (Fsp3) is 0.595. The van der Waals surface area contributed by atoms with Gasteiger partial charge >= 0.3 is 11.9 Å². The number of carbonyl (C=O) groups is 11. The lowest BCUT2D eigenvalue weighted by Crippen LogP contribution is -2.62. The Kier molecular flexibility index (Phi) is 27.9. The highest BCUT2D eigenvalue weighted by atomic mass is 16.4. The van der Waals surface area contributed by atoms with Crippen molar-refractivity contribution < 1.29 is 83.4 Å². The van der Waals surface area contributed by atoms with Crippen molar-refractivity contribution >= 4 is 65.1 Å². The molecule has 9 amide bonds. The second-order valence-electron chi connectivity index (χ2n) is 16.3. The summed E-state index contributed by atoms with van der Waals surface area (Å²) in [5.41, 5.74) is 22.9. The van der Waals surface area contributed by atoms with Crippen LogP contribution in [0.2, 0.25) is 0 Å². The third kappa shape index (κ3) is 22.9. The molecule has 0 aliphatic carbocycles. The third-order valence-corrected chi connectivity index (χ3v) is 10.4. The first-order valence-electron chi connectivity index (χ1n) is 22.4. The van der Waals surface area contributed by atoms with Gasteiger partial charge in [0.25, 0.3) is 0 Å². The molecule has 0 spiro atoms. The predicted octanol–water partition coefficient (Wildman–Crippen LogP) is -7.78. The van der Waals surface area contributed by atoms with Gasteiger partial charge in [0.15, 0.2) is 0 Å². The van der Waals surface area contributed by atoms with E-state index in [1.165, 1.54) is 24.3 Å². The number of carbonyl (C=O) groups excluding carboxylic acids is 9. The van der Waals surface area contributed by atoms with E-state index in [4.69, 9.17) is 22.9 Å². The molecular weight excluding hydrogens is 945 g/mol. The third-order valence-electron chi connectivity index (χ3n) is 10.4. The largest absolute Gasteiger partial charge is 0.508 e. The lowest BCUT2D eigenvalue weighted by molar-refractivity contribution is -0.143. The van der Waals surface area contributed by atoms with Crippen LogP contribution in [-0.4, -0.2) is 183 Å². The van der Waals surface area contributed by atoms with Gasteiger partial charge in [-0.2, -0.15) is 0 Å². The van der Waals surface area contributed by atoms with E-state index in [1.54, 1.807) is 0 Å². The molecule has 0 bridgehead atoms. The number of primary amides is 1. The van der Waals surface area contributed by atoms with Crippen LogP contribution in [0.5, 0.6) is 5.75 Å². The Balaban J connectivity index is 3.16. The lowest BCUT2D eigenvalue weighted by Gasteiger charge is -2.27. The zero-order valence-corrected chi connectivity index (χ0v) is 39.3. The average Bonchev–Trinajstić information content (AvgIpc) is 3.30. The van der Waals surface area contributed by atoms with E-state index in [1.807, 2.05) is 5.32 Å². The number of aliphatic hydroxyl groups excluding tert-OH is 3. The fourth-order valence-corrected chi connectivity index (χ4v) is 6.37. The van der Waals surface area contributed by atoms with Crippen LogP contribution in [0.4, 0.5) is 0 Å². The number of aliphatic hydroxyl groups is 3. The van der Waals surface area contributed by atoms with Crippen LogP contribution < -0.4 is 65.5 Å². The Labute approximate surface area is 407 Å². The molecule has 10 atom stereocenters. The Morgan fingerprint density at radius 1 is 0.535 bits per heavy atom. The maximum atomic E-state index is 13.7. The van der Waals surface area contributed by atoms with Crippen LogP contribution in [0.1, 0.15) is 70.8 Å². The summed E-state index contributed by atoms with van der Waals surface area (Å²) in [6, 6.07) is -9.30. The van der Waals surface area contributed by atoms with Gasteiger partial charge in [-0.15, -0.1) is 0 Å². The Morgan fingerprint density at radius 3 is 1.44 bits per heavy atom. The summed E-state index contributed by atoms with van der Waals surface area (Å²) in [7, 11) is 0. The van der Waals surface area contributed by atoms with E-state index in [-0.39, 0.29) is 44.5 Å². The highest BCUT2D eigenvalue weighted by Gasteiger charge is 2.36. The number of hydrogen-bond donors (Lipinski definition) is 18. The number of hydrogen-bond acceptors (Lipinski definition) is 18. The molecule has 398 valence electrons. The number of benzene rings is 1. The van der Waals surface area contributed by atoms with Gasteiger partial charge in [-0.1, -0.05) is 12.1 Å². The van der Waals surface area contributed by atoms with Crippen LogP contribution in [0.15, 0.2) is 24.3 Å². The molecule has 0 saturated carbocycles. The molecular formula is C42H68N12O17. The summed E-state index contributed by atoms with van der Waals surface area (Å²) in [5, 5.41) is 76.2. The van der Waals surface area contributed by atoms with E-state index in [0.717, 1.165) is 13.8 Å². The summed E-state index contributed by atoms with van der Waals surface area (Å²) in [6.45, 7) is 0.378. The topological polar surface area (TPSA) is 509 Å². The minimum atomic E-state index is -2.01. The van der Waals surface area contributed by atoms with Gasteiger partial charge in [0.05, 0.1) is 38.2 Å². The predicted molar refractivity (Wildman–Crippen MR) is 246 cm³/mol. The van der Waals surface area contributed by atoms with Crippen molar-refractivity contribution in [3.8, 4) is 5.75 Å². The van der Waals surface area contributed by atoms with Crippen LogP contribution >= 0.6 is 0 Å². The second kappa shape index (κ2) is 32.0. The zero-order valence-electron chi connectivity index (χ0n) is 39.3. The van der Waals surface area contributed by atoms with Crippen molar-refractivity contribution in [3.63, 3.8) is 0 Å². The lowest BCUT2D eigenvalue weighted by atomic mass is 10.0. The van der Waals surface area contributed by atoms with E-state index in [9.17, 15) is 83.4 Å². The number of aromatic hydroxyl groups is 1. The molecule has 0 saturated heterocycles. The number of carboxylic acid groups (broad SMARTS) is 2. The fourth-order valence-electron chi connectivity index (χ4n) is 6.37. The number of unbranched alkanes of at least 4 members (excludes halogenated alkanes) is 2. The normalized spacial score (nSPS) is 15.2. The smallest absolute Gasteiger partial charge is 0.326 e. The highest BCUT2D eigenvalue weighted by molar-refractivity contribution is 5.99. The first-order valence-corrected chi connectivity index (χ1v) is 22.4. The minimum Gasteiger partial charge on any atom is -0.508 e. The van der Waals surface area contributed by atoms with Gasteiger partial charge in [-0.3, -0.25) is 47.9 Å². The standard InChI is InChI=1S/C42H68N12O17/c1-20(34(62)52-29(18-55)39(67)49-26(42(70)71)8-4-6-14-44)47-41(69)33(21(2)57)54-40(68)30(19-56)53-38(66)28(17-32(60)61)51-36(64)25(7-3-5-13-43)48-37(65)27(16-31(46)59)50-35(63)24(45)15-22-9-11-23(58)12-10-22/h9-12,20-21,24-30,33,55-58H,3-8,13-19,43-45H2,1-2H3,(H2,46,59)(H,47,69)(H,48,65)(H,49,67)(H,50,63)(H,51,64)(H,52,62)(H,53,66)(H,54,68)(H,60,61)(H,70,71)/t20-,21+,24-,25-,26-,27-,28-,29-,30-,33-/m0/s1. The molecule has 0 fully saturated rings. The molecule has 29 nitrogen and oxygen atoms in total. The van der Waals surface area contributed by atoms with Crippen molar-refractivity contribution in [1.82, 2.24) is 42.5 Å². The van der Waals surface area contributed by atoms with Gasteiger partial charge < -0.3 is 96.1 Å². The molecule has 29 heteroatoms. The number of phenolic OH excluding ortho intramolecular Hbond substituents is 1. The van der Waals surface area contributed by atoms with E-state index in [2.05, 4.69) is 37.2 Å². The molecule has 0 aliphatic rings. The van der Waals surface area contributed by atoms with Gasteiger partial charge in [0, 0.05) is 0 Å². The quantitative estimate of drug-likeness (QED) is 0.0285. The number of rotatable bonds is 34. The van der Waals surface area contributed by atoms with Crippen molar-refractivity contribution in [2.75, 3.05) is 26.3 Å². The van der Waals surface area contributed by atoms with Gasteiger partial charge in [0.2, 0.25) is 53.2 Å². The van der Waals surface area contributed by atoms with Gasteiger partial charge in [-0.25, -0.2) is 4.79 Å². The SMILES string of the molecule is C[C@H](NC(=O)[C@@H](NC(=O)[C@H](CO)NC(=O)[C@H](CC(=O)O)NC(=O)[C@H](CCCCN)NC(=O)[C@H](CC(N)=O)NC(=O)[C@@H](N)Cc1ccc(O)cc1)[C@@H](C)O)C(=O)N[C@@H](CO)C(=O)N[C@@H](CCCCN)C(=O)O. The molecule has 1 rings (SSSR count). The molecule has 0 heterocycles. The summed E-state index contributed by atoms with van der Waals surface area (Å²) in [6.07, 6.45) is -2.56. The summed E-state index contributed by atoms with van der Waals surface area (Å²) < 4.78 is 0. The van der Waals surface area contributed by atoms with E-state index in [0.29, 0.717) is 24.8 Å². The molecule has 0 aliphatic heterocycles. The average molecular weight is 1010 g/mol. The van der Waals surface area contributed by atoms with Crippen molar-refractivity contribution in [3.05, 3.63) is 29.8 Å². The molecule has 0 unspecified atom stereocenters. The number of aliphatic carboxylic acids is 2. The van der Waals surface area contributed by atoms with Crippen LogP contribution in [0, 0.1) is 0 Å². The van der Waals surface area contributed by atoms with Crippen molar-refractivity contribution in [2.45, 2.75) is 132 Å². The molecule has 1 aromatic rings. The Bertz CT molecular complexity index is 1990. The number of nitrogens with two attached hydrogens (primary N) is 4. The summed E-state index contributed by atoms with van der Waals surface area (Å²) in [5.74, 6) is -13.4. The molecule has 0 aromatic heterocycles. The first kappa shape index (κ1) is 62.0. The van der Waals surface area contributed by atoms with E-state index < -0.39 is 152 Å². The van der Waals surface area contributed by atoms with Crippen molar-refractivity contribution in [1.29, 1.82) is 0 Å². The van der Waals surface area contributed by atoms with Crippen LogP contribution in [-0.2, 0) is 59.2 Å². The zero-order chi connectivity index (χ0) is 54.0. The summed E-state index contributed by atoms with van der Waals surface area (Å²) >= 11 is 0. The molecule has 22 N–H and O–H groups in total. The van der Waals surface area contributed by atoms with E-state index >= 15 is 0 Å². The second-order valence-corrected chi connectivity index (χ2v) is 16.3. The number of nitrogens with one attached hydrogen (secondary N) is 8. The highest BCUT2D eigenvalue weighted by Crippen LogP contribution is 2.12. The first-order chi connectivity index (χ1) is 33.4. The molecule has 71 heavy (non-hydrogen) atoms. The molecule has 1 aromatic carbocycles. The Hall–Kier alpha value is -7.05. The maximum Gasteiger partial charge on any atom is 0.326 e. The van der Waals surface area contributed by atoms with Gasteiger partial charge in [0.1, 0.15) is 54.1 Å². The number of amides is 9. The summed E-state index contributed by atoms with van der Waals surface area (Å²) in [4.78, 5) is 141. The Morgan fingerprint density at radius 2 is 0.958 bits per heavy atom. The van der Waals surface area contributed by atoms with Gasteiger partial charge in [-0.05, 0) is 89.6 Å². The number of carboxylic acids is 2. The van der Waals surface area contributed by atoms with Crippen LogP contribution in [0.3, 0.4) is 0 Å². The monoisotopic (exact) mass is 1010 g/mol. The van der Waals surface area contributed by atoms with Crippen molar-refractivity contribution in [2.24, 2.45) is 22.9 Å². The molecule has 0 radical (unpaired) electrons.